The van der Waals surface area contributed by atoms with Crippen molar-refractivity contribution in [1.29, 1.82) is 0 Å². The molecule has 0 radical (unpaired) electrons. The maximum atomic E-state index is 13.3. The third kappa shape index (κ3) is 4.48. The Morgan fingerprint density at radius 2 is 1.70 bits per heavy atom. The summed E-state index contributed by atoms with van der Waals surface area (Å²) in [7, 11) is 0. The van der Waals surface area contributed by atoms with Crippen molar-refractivity contribution in [2.24, 2.45) is 0 Å². The van der Waals surface area contributed by atoms with Crippen LogP contribution in [0.4, 0.5) is 18.9 Å². The molecule has 0 aliphatic carbocycles. The predicted molar refractivity (Wildman–Crippen MR) is 65.6 cm³/mol. The molecule has 3 N–H and O–H groups in total. The topological polar surface area (TPSA) is 72.8 Å². The van der Waals surface area contributed by atoms with E-state index in [1.54, 1.807) is 0 Å². The van der Waals surface area contributed by atoms with Crippen molar-refractivity contribution in [2.75, 3.05) is 38.2 Å². The van der Waals surface area contributed by atoms with Crippen LogP contribution in [0.1, 0.15) is 0 Å². The summed E-state index contributed by atoms with van der Waals surface area (Å²) in [6.07, 6.45) is 0. The zero-order valence-corrected chi connectivity index (χ0v) is 10.6. The van der Waals surface area contributed by atoms with Crippen molar-refractivity contribution in [3.05, 3.63) is 29.6 Å². The SMILES string of the molecule is O=C(CN(CCO)CCO)Nc1ccc(F)c(F)c1F. The highest BCUT2D eigenvalue weighted by Crippen LogP contribution is 2.19. The number of carbonyl (C=O) groups is 1. The van der Waals surface area contributed by atoms with Gasteiger partial charge in [-0.25, -0.2) is 13.2 Å². The minimum Gasteiger partial charge on any atom is -0.395 e. The zero-order chi connectivity index (χ0) is 15.1. The van der Waals surface area contributed by atoms with Gasteiger partial charge in [-0.05, 0) is 12.1 Å². The summed E-state index contributed by atoms with van der Waals surface area (Å²) >= 11 is 0. The van der Waals surface area contributed by atoms with Crippen LogP contribution >= 0.6 is 0 Å². The number of benzene rings is 1. The van der Waals surface area contributed by atoms with Crippen molar-refractivity contribution in [1.82, 2.24) is 4.90 Å². The van der Waals surface area contributed by atoms with Gasteiger partial charge in [0.2, 0.25) is 5.91 Å². The maximum absolute atomic E-state index is 13.3. The van der Waals surface area contributed by atoms with E-state index in [-0.39, 0.29) is 32.8 Å². The second-order valence-corrected chi connectivity index (χ2v) is 3.99. The van der Waals surface area contributed by atoms with Crippen LogP contribution in [0.3, 0.4) is 0 Å². The Balaban J connectivity index is 2.68. The highest BCUT2D eigenvalue weighted by molar-refractivity contribution is 5.92. The predicted octanol–water partition coefficient (Wildman–Crippen LogP) is 0.329. The van der Waals surface area contributed by atoms with E-state index in [0.717, 1.165) is 6.07 Å². The maximum Gasteiger partial charge on any atom is 0.238 e. The van der Waals surface area contributed by atoms with Crippen LogP contribution in [-0.2, 0) is 4.79 Å². The molecule has 20 heavy (non-hydrogen) atoms. The van der Waals surface area contributed by atoms with E-state index < -0.39 is 29.0 Å². The lowest BCUT2D eigenvalue weighted by atomic mass is 10.2. The number of hydrogen-bond acceptors (Lipinski definition) is 4. The van der Waals surface area contributed by atoms with Crippen LogP contribution in [0, 0.1) is 17.5 Å². The highest BCUT2D eigenvalue weighted by Gasteiger charge is 2.16. The lowest BCUT2D eigenvalue weighted by Gasteiger charge is -2.19. The van der Waals surface area contributed by atoms with Gasteiger partial charge in [-0.15, -0.1) is 0 Å². The molecule has 0 saturated heterocycles. The molecule has 0 bridgehead atoms. The first-order valence-electron chi connectivity index (χ1n) is 5.87. The van der Waals surface area contributed by atoms with Crippen molar-refractivity contribution in [3.8, 4) is 0 Å². The van der Waals surface area contributed by atoms with E-state index in [1.807, 2.05) is 0 Å². The smallest absolute Gasteiger partial charge is 0.238 e. The molecule has 1 aromatic rings. The molecule has 0 fully saturated rings. The van der Waals surface area contributed by atoms with Gasteiger partial charge < -0.3 is 15.5 Å². The molecule has 1 aromatic carbocycles. The van der Waals surface area contributed by atoms with E-state index in [4.69, 9.17) is 10.2 Å². The number of anilines is 1. The number of nitrogens with zero attached hydrogens (tertiary/aromatic N) is 1. The highest BCUT2D eigenvalue weighted by atomic mass is 19.2. The molecular formula is C12H15F3N2O3. The van der Waals surface area contributed by atoms with E-state index in [9.17, 15) is 18.0 Å². The molecule has 0 aliphatic heterocycles. The van der Waals surface area contributed by atoms with Gasteiger partial charge in [-0.1, -0.05) is 0 Å². The van der Waals surface area contributed by atoms with Crippen molar-refractivity contribution in [3.63, 3.8) is 0 Å². The van der Waals surface area contributed by atoms with Gasteiger partial charge in [0, 0.05) is 13.1 Å². The number of carbonyl (C=O) groups excluding carboxylic acids is 1. The van der Waals surface area contributed by atoms with Crippen molar-refractivity contribution >= 4 is 11.6 Å². The first-order chi connectivity index (χ1) is 9.49. The Labute approximate surface area is 113 Å². The lowest BCUT2D eigenvalue weighted by molar-refractivity contribution is -0.117. The average Bonchev–Trinajstić information content (AvgIpc) is 2.40. The molecule has 0 saturated carbocycles. The van der Waals surface area contributed by atoms with Gasteiger partial charge >= 0.3 is 0 Å². The molecule has 8 heteroatoms. The van der Waals surface area contributed by atoms with Crippen LogP contribution in [0.25, 0.3) is 0 Å². The van der Waals surface area contributed by atoms with Crippen LogP contribution in [-0.4, -0.2) is 53.9 Å². The summed E-state index contributed by atoms with van der Waals surface area (Å²) in [5.41, 5.74) is -0.471. The minimum atomic E-state index is -1.66. The van der Waals surface area contributed by atoms with Crippen LogP contribution in [0.15, 0.2) is 12.1 Å². The van der Waals surface area contributed by atoms with Gasteiger partial charge in [0.25, 0.3) is 0 Å². The number of aliphatic hydroxyl groups excluding tert-OH is 2. The summed E-state index contributed by atoms with van der Waals surface area (Å²) in [5.74, 6) is -5.15. The summed E-state index contributed by atoms with van der Waals surface area (Å²) in [4.78, 5) is 13.0. The number of rotatable bonds is 7. The summed E-state index contributed by atoms with van der Waals surface area (Å²) in [6.45, 7) is -0.359. The fourth-order valence-corrected chi connectivity index (χ4v) is 1.57. The molecule has 0 unspecified atom stereocenters. The van der Waals surface area contributed by atoms with Crippen molar-refractivity contribution in [2.45, 2.75) is 0 Å². The Morgan fingerprint density at radius 1 is 1.10 bits per heavy atom. The largest absolute Gasteiger partial charge is 0.395 e. The fraction of sp³-hybridized carbons (Fsp3) is 0.417. The number of hydrogen-bond donors (Lipinski definition) is 3. The molecule has 0 heterocycles. The third-order valence-corrected chi connectivity index (χ3v) is 2.51. The molecule has 5 nitrogen and oxygen atoms in total. The molecule has 0 aliphatic rings. The van der Waals surface area contributed by atoms with Crippen LogP contribution < -0.4 is 5.32 Å². The monoisotopic (exact) mass is 292 g/mol. The normalized spacial score (nSPS) is 10.9. The molecule has 0 aromatic heterocycles. The first kappa shape index (κ1) is 16.4. The summed E-state index contributed by atoms with van der Waals surface area (Å²) in [6, 6.07) is 1.61. The average molecular weight is 292 g/mol. The number of halogens is 3. The van der Waals surface area contributed by atoms with Crippen molar-refractivity contribution < 1.29 is 28.2 Å². The second-order valence-electron chi connectivity index (χ2n) is 3.99. The summed E-state index contributed by atoms with van der Waals surface area (Å²) in [5, 5.41) is 19.6. The number of aliphatic hydroxyl groups is 2. The standard InChI is InChI=1S/C12H15F3N2O3/c13-8-1-2-9(12(15)11(8)14)16-10(20)7-17(3-5-18)4-6-19/h1-2,18-19H,3-7H2,(H,16,20). The summed E-state index contributed by atoms with van der Waals surface area (Å²) < 4.78 is 39.0. The number of amides is 1. The first-order valence-corrected chi connectivity index (χ1v) is 5.87. The van der Waals surface area contributed by atoms with Gasteiger partial charge in [0.1, 0.15) is 0 Å². The van der Waals surface area contributed by atoms with Crippen LogP contribution in [0.5, 0.6) is 0 Å². The Hall–Kier alpha value is -1.64. The zero-order valence-electron chi connectivity index (χ0n) is 10.6. The van der Waals surface area contributed by atoms with Gasteiger partial charge in [0.15, 0.2) is 17.5 Å². The van der Waals surface area contributed by atoms with E-state index in [1.165, 1.54) is 4.90 Å². The lowest BCUT2D eigenvalue weighted by Crippen LogP contribution is -2.37. The van der Waals surface area contributed by atoms with Gasteiger partial charge in [0.05, 0.1) is 25.4 Å². The fourth-order valence-electron chi connectivity index (χ4n) is 1.57. The second kappa shape index (κ2) is 7.83. The quantitative estimate of drug-likeness (QED) is 0.633. The molecule has 1 rings (SSSR count). The van der Waals surface area contributed by atoms with Crippen LogP contribution in [0.2, 0.25) is 0 Å². The molecule has 0 spiro atoms. The molecule has 0 atom stereocenters. The van der Waals surface area contributed by atoms with E-state index >= 15 is 0 Å². The Kier molecular flexibility index (Phi) is 6.43. The molecule has 1 amide bonds. The molecule has 112 valence electrons. The minimum absolute atomic E-state index is 0.147. The Bertz CT molecular complexity index is 466. The van der Waals surface area contributed by atoms with Gasteiger partial charge in [-0.3, -0.25) is 9.69 Å². The third-order valence-electron chi connectivity index (χ3n) is 2.51. The van der Waals surface area contributed by atoms with E-state index in [0.29, 0.717) is 6.07 Å². The van der Waals surface area contributed by atoms with E-state index in [2.05, 4.69) is 5.32 Å². The van der Waals surface area contributed by atoms with Gasteiger partial charge in [-0.2, -0.15) is 0 Å². The number of nitrogens with one attached hydrogen (secondary N) is 1. The Morgan fingerprint density at radius 3 is 2.25 bits per heavy atom. The molecular weight excluding hydrogens is 277 g/mol.